The minimum atomic E-state index is -0.228. The van der Waals surface area contributed by atoms with Crippen molar-refractivity contribution in [3.8, 4) is 0 Å². The predicted molar refractivity (Wildman–Crippen MR) is 70.4 cm³/mol. The van der Waals surface area contributed by atoms with Gasteiger partial charge in [0.2, 0.25) is 0 Å². The van der Waals surface area contributed by atoms with Crippen LogP contribution in [-0.4, -0.2) is 18.2 Å². The van der Waals surface area contributed by atoms with Crippen LogP contribution >= 0.6 is 0 Å². The van der Waals surface area contributed by atoms with Crippen LogP contribution in [0.5, 0.6) is 0 Å². The van der Waals surface area contributed by atoms with Gasteiger partial charge >= 0.3 is 0 Å². The van der Waals surface area contributed by atoms with Crippen LogP contribution in [0.1, 0.15) is 49.3 Å². The van der Waals surface area contributed by atoms with Gasteiger partial charge in [0.25, 0.3) is 0 Å². The van der Waals surface area contributed by atoms with E-state index in [4.69, 9.17) is 0 Å². The first-order valence-corrected chi connectivity index (χ1v) is 6.90. The molecule has 1 atom stereocenters. The van der Waals surface area contributed by atoms with E-state index in [0.29, 0.717) is 0 Å². The quantitative estimate of drug-likeness (QED) is 0.803. The molecule has 2 heteroatoms. The summed E-state index contributed by atoms with van der Waals surface area (Å²) >= 11 is 0. The van der Waals surface area contributed by atoms with E-state index in [1.54, 1.807) is 0 Å². The van der Waals surface area contributed by atoms with Gasteiger partial charge in [-0.05, 0) is 61.8 Å². The molecule has 1 fully saturated rings. The second-order valence-corrected chi connectivity index (χ2v) is 5.34. The summed E-state index contributed by atoms with van der Waals surface area (Å²) in [5, 5.41) is 9.95. The zero-order valence-corrected chi connectivity index (χ0v) is 10.4. The molecule has 92 valence electrons. The number of benzene rings is 1. The topological polar surface area (TPSA) is 23.5 Å². The highest BCUT2D eigenvalue weighted by molar-refractivity contribution is 5.52. The standard InChI is InChI=1S/C15H21NO/c17-15-6-4-5-12-11-13(7-8-14(12)15)16-9-2-1-3-10-16/h7-8,11,15,17H,1-6,9-10H2. The van der Waals surface area contributed by atoms with E-state index in [9.17, 15) is 5.11 Å². The summed E-state index contributed by atoms with van der Waals surface area (Å²) in [5.74, 6) is 0. The lowest BCUT2D eigenvalue weighted by Gasteiger charge is -2.30. The van der Waals surface area contributed by atoms with Gasteiger partial charge in [0, 0.05) is 18.8 Å². The van der Waals surface area contributed by atoms with Crippen LogP contribution in [0, 0.1) is 0 Å². The average molecular weight is 231 g/mol. The van der Waals surface area contributed by atoms with Crippen LogP contribution in [0.3, 0.4) is 0 Å². The lowest BCUT2D eigenvalue weighted by Crippen LogP contribution is -2.29. The van der Waals surface area contributed by atoms with Gasteiger partial charge in [-0.3, -0.25) is 0 Å². The fraction of sp³-hybridized carbons (Fsp3) is 0.600. The maximum absolute atomic E-state index is 9.95. The van der Waals surface area contributed by atoms with E-state index in [1.807, 2.05) is 0 Å². The molecular formula is C15H21NO. The Morgan fingerprint density at radius 2 is 1.88 bits per heavy atom. The van der Waals surface area contributed by atoms with Crippen LogP contribution in [-0.2, 0) is 6.42 Å². The van der Waals surface area contributed by atoms with Gasteiger partial charge in [0.1, 0.15) is 0 Å². The lowest BCUT2D eigenvalue weighted by atomic mass is 9.89. The first kappa shape index (κ1) is 11.1. The van der Waals surface area contributed by atoms with Crippen LogP contribution < -0.4 is 4.90 Å². The lowest BCUT2D eigenvalue weighted by molar-refractivity contribution is 0.156. The van der Waals surface area contributed by atoms with E-state index in [2.05, 4.69) is 23.1 Å². The third-order valence-electron chi connectivity index (χ3n) is 4.13. The number of fused-ring (bicyclic) bond motifs is 1. The van der Waals surface area contributed by atoms with Crippen molar-refractivity contribution in [1.82, 2.24) is 0 Å². The first-order chi connectivity index (χ1) is 8.34. The molecule has 1 aromatic carbocycles. The molecule has 1 saturated heterocycles. The van der Waals surface area contributed by atoms with E-state index < -0.39 is 0 Å². The van der Waals surface area contributed by atoms with Crippen LogP contribution in [0.2, 0.25) is 0 Å². The maximum atomic E-state index is 9.95. The van der Waals surface area contributed by atoms with Gasteiger partial charge in [0.05, 0.1) is 6.10 Å². The van der Waals surface area contributed by atoms with Crippen molar-refractivity contribution in [1.29, 1.82) is 0 Å². The summed E-state index contributed by atoms with van der Waals surface area (Å²) in [6.07, 6.45) is 6.97. The van der Waals surface area contributed by atoms with Gasteiger partial charge in [-0.25, -0.2) is 0 Å². The number of nitrogens with zero attached hydrogens (tertiary/aromatic N) is 1. The summed E-state index contributed by atoms with van der Waals surface area (Å²) in [6.45, 7) is 2.39. The molecule has 0 spiro atoms. The zero-order chi connectivity index (χ0) is 11.7. The number of hydrogen-bond acceptors (Lipinski definition) is 2. The molecule has 1 aromatic rings. The molecule has 2 nitrogen and oxygen atoms in total. The maximum Gasteiger partial charge on any atom is 0.0792 e. The summed E-state index contributed by atoms with van der Waals surface area (Å²) in [6, 6.07) is 6.64. The normalized spacial score (nSPS) is 24.5. The Morgan fingerprint density at radius 3 is 2.71 bits per heavy atom. The zero-order valence-electron chi connectivity index (χ0n) is 10.4. The van der Waals surface area contributed by atoms with Crippen molar-refractivity contribution in [2.24, 2.45) is 0 Å². The molecule has 1 aliphatic heterocycles. The Bertz CT molecular complexity index is 396. The SMILES string of the molecule is OC1CCCc2cc(N3CCCCC3)ccc21. The molecule has 0 aromatic heterocycles. The summed E-state index contributed by atoms with van der Waals surface area (Å²) in [4.78, 5) is 2.49. The highest BCUT2D eigenvalue weighted by Gasteiger charge is 2.19. The molecule has 17 heavy (non-hydrogen) atoms. The summed E-state index contributed by atoms with van der Waals surface area (Å²) < 4.78 is 0. The largest absolute Gasteiger partial charge is 0.388 e. The predicted octanol–water partition coefficient (Wildman–Crippen LogP) is 3.05. The molecule has 0 bridgehead atoms. The Balaban J connectivity index is 1.86. The second-order valence-electron chi connectivity index (χ2n) is 5.34. The van der Waals surface area contributed by atoms with Crippen molar-refractivity contribution >= 4 is 5.69 Å². The van der Waals surface area contributed by atoms with E-state index in [-0.39, 0.29) is 6.10 Å². The van der Waals surface area contributed by atoms with Crippen molar-refractivity contribution in [2.75, 3.05) is 18.0 Å². The Labute approximate surface area is 103 Å². The van der Waals surface area contributed by atoms with Gasteiger partial charge in [-0.15, -0.1) is 0 Å². The van der Waals surface area contributed by atoms with E-state index >= 15 is 0 Å². The highest BCUT2D eigenvalue weighted by Crippen LogP contribution is 2.32. The minimum absolute atomic E-state index is 0.228. The number of aryl methyl sites for hydroxylation is 1. The molecule has 1 unspecified atom stereocenters. The molecule has 1 N–H and O–H groups in total. The molecule has 0 saturated carbocycles. The highest BCUT2D eigenvalue weighted by atomic mass is 16.3. The number of hydrogen-bond donors (Lipinski definition) is 1. The van der Waals surface area contributed by atoms with E-state index in [0.717, 1.165) is 24.8 Å². The Hall–Kier alpha value is -1.02. The Kier molecular flexibility index (Phi) is 3.06. The van der Waals surface area contributed by atoms with Crippen LogP contribution in [0.15, 0.2) is 18.2 Å². The fourth-order valence-electron chi connectivity index (χ4n) is 3.12. The van der Waals surface area contributed by atoms with Gasteiger partial charge in [0.15, 0.2) is 0 Å². The molecule has 0 radical (unpaired) electrons. The van der Waals surface area contributed by atoms with Crippen LogP contribution in [0.25, 0.3) is 0 Å². The molecule has 2 aliphatic rings. The third kappa shape index (κ3) is 2.19. The number of anilines is 1. The van der Waals surface area contributed by atoms with Gasteiger partial charge in [-0.2, -0.15) is 0 Å². The molecule has 1 heterocycles. The van der Waals surface area contributed by atoms with Crippen molar-refractivity contribution < 1.29 is 5.11 Å². The number of rotatable bonds is 1. The number of piperidine rings is 1. The molecule has 3 rings (SSSR count). The molecule has 0 amide bonds. The molecule has 1 aliphatic carbocycles. The van der Waals surface area contributed by atoms with Gasteiger partial charge < -0.3 is 10.0 Å². The Morgan fingerprint density at radius 1 is 1.06 bits per heavy atom. The smallest absolute Gasteiger partial charge is 0.0792 e. The number of aliphatic hydroxyl groups is 1. The molecular weight excluding hydrogens is 210 g/mol. The average Bonchev–Trinajstić information content (AvgIpc) is 2.40. The minimum Gasteiger partial charge on any atom is -0.388 e. The van der Waals surface area contributed by atoms with Crippen molar-refractivity contribution in [2.45, 2.75) is 44.6 Å². The monoisotopic (exact) mass is 231 g/mol. The van der Waals surface area contributed by atoms with Gasteiger partial charge in [-0.1, -0.05) is 6.07 Å². The summed E-state index contributed by atoms with van der Waals surface area (Å²) in [7, 11) is 0. The number of aliphatic hydroxyl groups excluding tert-OH is 1. The van der Waals surface area contributed by atoms with Crippen LogP contribution in [0.4, 0.5) is 5.69 Å². The second kappa shape index (κ2) is 4.69. The van der Waals surface area contributed by atoms with Crippen molar-refractivity contribution in [3.63, 3.8) is 0 Å². The summed E-state index contributed by atoms with van der Waals surface area (Å²) in [5.41, 5.74) is 3.89. The fourth-order valence-corrected chi connectivity index (χ4v) is 3.12. The third-order valence-corrected chi connectivity index (χ3v) is 4.13. The van der Waals surface area contributed by atoms with E-state index in [1.165, 1.54) is 43.6 Å². The first-order valence-electron chi connectivity index (χ1n) is 6.90. The van der Waals surface area contributed by atoms with Crippen molar-refractivity contribution in [3.05, 3.63) is 29.3 Å².